The second kappa shape index (κ2) is 6.51. The van der Waals surface area contributed by atoms with Gasteiger partial charge in [-0.15, -0.1) is 5.48 Å². The average Bonchev–Trinajstić information content (AvgIpc) is 2.47. The molecule has 0 spiro atoms. The Balaban J connectivity index is 2.15. The van der Waals surface area contributed by atoms with E-state index in [1.165, 1.54) is 20.3 Å². The fraction of sp³-hybridized carbons (Fsp3) is 0.462. The van der Waals surface area contributed by atoms with Gasteiger partial charge in [-0.1, -0.05) is 0 Å². The number of carbonyl (C=O) groups is 1. The predicted octanol–water partition coefficient (Wildman–Crippen LogP) is 0.518. The van der Waals surface area contributed by atoms with Crippen molar-refractivity contribution in [2.24, 2.45) is 0 Å². The fourth-order valence-corrected chi connectivity index (χ4v) is 2.42. The zero-order valence-corrected chi connectivity index (χ0v) is 13.2. The van der Waals surface area contributed by atoms with Crippen molar-refractivity contribution in [3.63, 3.8) is 0 Å². The molecule has 2 rings (SSSR count). The number of hydroxylamine groups is 1. The number of hydrogen-bond donors (Lipinski definition) is 1. The summed E-state index contributed by atoms with van der Waals surface area (Å²) in [6.07, 6.45) is 1.10. The van der Waals surface area contributed by atoms with Crippen molar-refractivity contribution in [3.8, 4) is 17.2 Å². The lowest BCUT2D eigenvalue weighted by Crippen LogP contribution is -2.44. The number of ketones is 1. The molecule has 0 aliphatic carbocycles. The highest BCUT2D eigenvalue weighted by atomic mass is 32.2. The zero-order chi connectivity index (χ0) is 16.3. The van der Waals surface area contributed by atoms with Gasteiger partial charge in [0, 0.05) is 6.07 Å². The molecular weight excluding hydrogens is 314 g/mol. The maximum atomic E-state index is 12.4. The molecule has 8 nitrogen and oxygen atoms in total. The molecule has 0 saturated carbocycles. The predicted molar refractivity (Wildman–Crippen MR) is 76.8 cm³/mol. The highest BCUT2D eigenvalue weighted by molar-refractivity contribution is 7.85. The van der Waals surface area contributed by atoms with E-state index in [1.54, 1.807) is 6.07 Å². The number of fused-ring (bicyclic) bond motifs is 1. The normalized spacial score (nSPS) is 17.6. The number of nitrogens with one attached hydrogen (secondary N) is 1. The molecule has 0 saturated heterocycles. The van der Waals surface area contributed by atoms with Crippen LogP contribution in [0.15, 0.2) is 12.1 Å². The number of methoxy groups -OCH3 is 2. The molecule has 1 atom stereocenters. The molecule has 0 aromatic heterocycles. The van der Waals surface area contributed by atoms with Gasteiger partial charge in [0.1, 0.15) is 6.04 Å². The summed E-state index contributed by atoms with van der Waals surface area (Å²) in [5.74, 6) is 0.934. The van der Waals surface area contributed by atoms with Gasteiger partial charge >= 0.3 is 0 Å². The van der Waals surface area contributed by atoms with Crippen LogP contribution in [0.25, 0.3) is 0 Å². The molecule has 1 aliphatic heterocycles. The van der Waals surface area contributed by atoms with Crippen molar-refractivity contribution in [2.45, 2.75) is 12.5 Å². The summed E-state index contributed by atoms with van der Waals surface area (Å²) in [6, 6.07) is 2.37. The second-order valence-corrected chi connectivity index (χ2v) is 6.30. The fourth-order valence-electron chi connectivity index (χ4n) is 2.02. The van der Waals surface area contributed by atoms with Crippen LogP contribution in [0.4, 0.5) is 0 Å². The van der Waals surface area contributed by atoms with Gasteiger partial charge < -0.3 is 14.3 Å². The first-order valence-electron chi connectivity index (χ1n) is 6.42. The van der Waals surface area contributed by atoms with Gasteiger partial charge in [-0.3, -0.25) is 8.98 Å². The Hall–Kier alpha value is -1.84. The summed E-state index contributed by atoms with van der Waals surface area (Å²) >= 11 is 0. The smallest absolute Gasteiger partial charge is 0.264 e. The Kier molecular flexibility index (Phi) is 4.89. The Morgan fingerprint density at radius 3 is 2.45 bits per heavy atom. The first-order valence-corrected chi connectivity index (χ1v) is 8.24. The molecule has 0 bridgehead atoms. The standard InChI is InChI=1S/C13H17NO7S/c1-18-11-6-8-10(7-12(11)19-2)21-14-9(13(8)15)4-5-20-22(3,16)17/h6-7,9,14H,4-5H2,1-3H3. The summed E-state index contributed by atoms with van der Waals surface area (Å²) in [4.78, 5) is 17.7. The average molecular weight is 331 g/mol. The molecule has 1 heterocycles. The summed E-state index contributed by atoms with van der Waals surface area (Å²) in [6.45, 7) is -0.117. The first-order chi connectivity index (χ1) is 10.4. The van der Waals surface area contributed by atoms with Gasteiger partial charge in [-0.05, 0) is 12.5 Å². The quantitative estimate of drug-likeness (QED) is 0.753. The van der Waals surface area contributed by atoms with E-state index < -0.39 is 16.2 Å². The molecule has 0 radical (unpaired) electrons. The van der Waals surface area contributed by atoms with E-state index in [-0.39, 0.29) is 18.8 Å². The largest absolute Gasteiger partial charge is 0.493 e. The van der Waals surface area contributed by atoms with Crippen LogP contribution in [0, 0.1) is 0 Å². The number of Topliss-reactive ketones (excluding diaryl/α,β-unsaturated/α-hetero) is 1. The van der Waals surface area contributed by atoms with Gasteiger partial charge in [-0.2, -0.15) is 8.42 Å². The molecule has 1 aromatic carbocycles. The minimum atomic E-state index is -3.54. The van der Waals surface area contributed by atoms with Gasteiger partial charge in [0.15, 0.2) is 23.0 Å². The molecular formula is C13H17NO7S. The molecule has 0 fully saturated rings. The summed E-state index contributed by atoms with van der Waals surface area (Å²) in [7, 11) is -0.593. The van der Waals surface area contributed by atoms with Crippen molar-refractivity contribution in [2.75, 3.05) is 27.1 Å². The molecule has 1 aliphatic rings. The third kappa shape index (κ3) is 3.67. The Labute approximate surface area is 128 Å². The monoisotopic (exact) mass is 331 g/mol. The Morgan fingerprint density at radius 1 is 1.23 bits per heavy atom. The minimum Gasteiger partial charge on any atom is -0.493 e. The van der Waals surface area contributed by atoms with Gasteiger partial charge in [-0.25, -0.2) is 0 Å². The van der Waals surface area contributed by atoms with E-state index in [0.717, 1.165) is 6.26 Å². The van der Waals surface area contributed by atoms with Crippen molar-refractivity contribution >= 4 is 15.9 Å². The van der Waals surface area contributed by atoms with Crippen molar-refractivity contribution in [1.82, 2.24) is 5.48 Å². The van der Waals surface area contributed by atoms with Crippen LogP contribution in [0.5, 0.6) is 17.2 Å². The molecule has 1 aromatic rings. The van der Waals surface area contributed by atoms with Crippen molar-refractivity contribution < 1.29 is 31.7 Å². The van der Waals surface area contributed by atoms with Crippen molar-refractivity contribution in [1.29, 1.82) is 0 Å². The summed E-state index contributed by atoms with van der Waals surface area (Å²) < 4.78 is 36.8. The lowest BCUT2D eigenvalue weighted by Gasteiger charge is -2.25. The lowest BCUT2D eigenvalue weighted by atomic mass is 10.00. The third-order valence-electron chi connectivity index (χ3n) is 3.08. The molecule has 122 valence electrons. The van der Waals surface area contributed by atoms with Gasteiger partial charge in [0.05, 0.1) is 32.6 Å². The van der Waals surface area contributed by atoms with Crippen LogP contribution in [0.2, 0.25) is 0 Å². The van der Waals surface area contributed by atoms with Crippen LogP contribution < -0.4 is 19.8 Å². The number of ether oxygens (including phenoxy) is 2. The van der Waals surface area contributed by atoms with E-state index >= 15 is 0 Å². The van der Waals surface area contributed by atoms with Crippen LogP contribution in [-0.4, -0.2) is 47.3 Å². The van der Waals surface area contributed by atoms with E-state index in [0.29, 0.717) is 22.8 Å². The van der Waals surface area contributed by atoms with Gasteiger partial charge in [0.2, 0.25) is 0 Å². The number of carbonyl (C=O) groups excluding carboxylic acids is 1. The Bertz CT molecular complexity index is 671. The maximum absolute atomic E-state index is 12.4. The number of rotatable bonds is 6. The SMILES string of the molecule is COc1cc2c(cc1OC)C(=O)C(CCOS(C)(=O)=O)NO2. The summed E-state index contributed by atoms with van der Waals surface area (Å²) in [5, 5.41) is 0. The van der Waals surface area contributed by atoms with E-state index in [4.69, 9.17) is 14.3 Å². The van der Waals surface area contributed by atoms with Gasteiger partial charge in [0.25, 0.3) is 10.1 Å². The van der Waals surface area contributed by atoms with Crippen LogP contribution >= 0.6 is 0 Å². The minimum absolute atomic E-state index is 0.117. The molecule has 0 amide bonds. The van der Waals surface area contributed by atoms with E-state index in [2.05, 4.69) is 9.66 Å². The maximum Gasteiger partial charge on any atom is 0.264 e. The molecule has 1 N–H and O–H groups in total. The van der Waals surface area contributed by atoms with E-state index in [1.807, 2.05) is 0 Å². The summed E-state index contributed by atoms with van der Waals surface area (Å²) in [5.41, 5.74) is 2.91. The highest BCUT2D eigenvalue weighted by Gasteiger charge is 2.30. The van der Waals surface area contributed by atoms with E-state index in [9.17, 15) is 13.2 Å². The number of benzene rings is 1. The Morgan fingerprint density at radius 2 is 1.86 bits per heavy atom. The van der Waals surface area contributed by atoms with Crippen LogP contribution in [-0.2, 0) is 14.3 Å². The topological polar surface area (TPSA) is 100 Å². The van der Waals surface area contributed by atoms with Crippen molar-refractivity contribution in [3.05, 3.63) is 17.7 Å². The molecule has 22 heavy (non-hydrogen) atoms. The molecule has 1 unspecified atom stereocenters. The third-order valence-corrected chi connectivity index (χ3v) is 3.68. The molecule has 9 heteroatoms. The first kappa shape index (κ1) is 16.5. The second-order valence-electron chi connectivity index (χ2n) is 4.65. The lowest BCUT2D eigenvalue weighted by molar-refractivity contribution is 0.0702. The van der Waals surface area contributed by atoms with Crippen LogP contribution in [0.1, 0.15) is 16.8 Å². The number of hydrogen-bond acceptors (Lipinski definition) is 8. The zero-order valence-electron chi connectivity index (χ0n) is 12.4. The highest BCUT2D eigenvalue weighted by Crippen LogP contribution is 2.36. The van der Waals surface area contributed by atoms with Crippen LogP contribution in [0.3, 0.4) is 0 Å².